The molecule has 2 nitrogen and oxygen atoms in total. The molecular weight excluding hydrogens is 332 g/mol. The van der Waals surface area contributed by atoms with Crippen LogP contribution in [0.4, 0.5) is 8.78 Å². The standard InChI is InChI=1S/C22H19F2NO/c23-19-7-3-1-5-15(19)13-17-21(26)18(22(17)9-11-25-12-10-22)14-16-6-2-4-8-20(16)24/h1-8,13-14,25H,9-12H2/b17-13-,18-14-. The van der Waals surface area contributed by atoms with Gasteiger partial charge in [-0.25, -0.2) is 8.78 Å². The van der Waals surface area contributed by atoms with Gasteiger partial charge in [0.1, 0.15) is 11.6 Å². The van der Waals surface area contributed by atoms with Gasteiger partial charge in [0.25, 0.3) is 0 Å². The highest BCUT2D eigenvalue weighted by molar-refractivity contribution is 6.23. The van der Waals surface area contributed by atoms with Crippen LogP contribution in [0.5, 0.6) is 0 Å². The fourth-order valence-corrected chi connectivity index (χ4v) is 3.96. The molecule has 1 aliphatic carbocycles. The molecule has 2 fully saturated rings. The van der Waals surface area contributed by atoms with Crippen LogP contribution in [-0.2, 0) is 4.79 Å². The Bertz CT molecular complexity index is 856. The molecule has 1 saturated carbocycles. The second-order valence-corrected chi connectivity index (χ2v) is 6.82. The SMILES string of the molecule is O=C1/C(=C/c2ccccc2F)C2(CCNCC2)/C1=C\c1ccccc1F. The first kappa shape index (κ1) is 16.9. The van der Waals surface area contributed by atoms with E-state index in [9.17, 15) is 13.6 Å². The molecule has 1 saturated heterocycles. The maximum absolute atomic E-state index is 14.1. The Morgan fingerprint density at radius 3 is 1.73 bits per heavy atom. The predicted octanol–water partition coefficient (Wildman–Crippen LogP) is 4.38. The summed E-state index contributed by atoms with van der Waals surface area (Å²) in [5.74, 6) is -0.801. The quantitative estimate of drug-likeness (QED) is 0.814. The molecule has 0 atom stereocenters. The molecule has 1 heterocycles. The Morgan fingerprint density at radius 1 is 0.808 bits per heavy atom. The molecule has 2 aromatic carbocycles. The van der Waals surface area contributed by atoms with Gasteiger partial charge in [0.2, 0.25) is 0 Å². The van der Waals surface area contributed by atoms with Gasteiger partial charge in [-0.2, -0.15) is 0 Å². The number of benzene rings is 2. The van der Waals surface area contributed by atoms with E-state index in [0.29, 0.717) is 22.3 Å². The molecule has 0 unspecified atom stereocenters. The average Bonchev–Trinajstić information content (AvgIpc) is 2.67. The monoisotopic (exact) mass is 351 g/mol. The lowest BCUT2D eigenvalue weighted by Gasteiger charge is -2.48. The Labute approximate surface area is 151 Å². The summed E-state index contributed by atoms with van der Waals surface area (Å²) < 4.78 is 28.1. The van der Waals surface area contributed by atoms with Crippen molar-refractivity contribution in [2.45, 2.75) is 12.8 Å². The van der Waals surface area contributed by atoms with Crippen LogP contribution in [0.15, 0.2) is 59.7 Å². The van der Waals surface area contributed by atoms with Crippen molar-refractivity contribution in [3.05, 3.63) is 82.4 Å². The maximum atomic E-state index is 14.1. The zero-order valence-corrected chi connectivity index (χ0v) is 14.3. The van der Waals surface area contributed by atoms with Crippen molar-refractivity contribution >= 4 is 17.9 Å². The van der Waals surface area contributed by atoms with Crippen LogP contribution in [0, 0.1) is 17.0 Å². The maximum Gasteiger partial charge on any atom is 0.186 e. The summed E-state index contributed by atoms with van der Waals surface area (Å²) in [7, 11) is 0. The molecule has 2 aromatic rings. The Hall–Kier alpha value is -2.59. The number of carbonyl (C=O) groups is 1. The number of nitrogens with one attached hydrogen (secondary N) is 1. The Kier molecular flexibility index (Phi) is 4.29. The predicted molar refractivity (Wildman–Crippen MR) is 98.3 cm³/mol. The number of carbonyl (C=O) groups excluding carboxylic acids is 1. The fourth-order valence-electron chi connectivity index (χ4n) is 3.96. The zero-order chi connectivity index (χ0) is 18.1. The van der Waals surface area contributed by atoms with Gasteiger partial charge in [-0.1, -0.05) is 36.4 Å². The molecule has 4 rings (SSSR count). The number of halogens is 2. The van der Waals surface area contributed by atoms with Crippen molar-refractivity contribution in [1.82, 2.24) is 5.32 Å². The third-order valence-electron chi connectivity index (χ3n) is 5.39. The highest BCUT2D eigenvalue weighted by Crippen LogP contribution is 2.55. The summed E-state index contributed by atoms with van der Waals surface area (Å²) in [6, 6.07) is 12.9. The number of piperidine rings is 1. The van der Waals surface area contributed by atoms with Crippen LogP contribution in [0.25, 0.3) is 12.2 Å². The summed E-state index contributed by atoms with van der Waals surface area (Å²) in [6.07, 6.45) is 4.84. The van der Waals surface area contributed by atoms with Gasteiger partial charge in [-0.05, 0) is 50.2 Å². The minimum Gasteiger partial charge on any atom is -0.317 e. The molecule has 4 heteroatoms. The van der Waals surface area contributed by atoms with Crippen molar-refractivity contribution in [1.29, 1.82) is 0 Å². The second-order valence-electron chi connectivity index (χ2n) is 6.82. The molecule has 0 amide bonds. The van der Waals surface area contributed by atoms with Crippen LogP contribution in [-0.4, -0.2) is 18.9 Å². The topological polar surface area (TPSA) is 29.1 Å². The summed E-state index contributed by atoms with van der Waals surface area (Å²) in [6.45, 7) is 1.55. The summed E-state index contributed by atoms with van der Waals surface area (Å²) in [5.41, 5.74) is 1.67. The lowest BCUT2D eigenvalue weighted by molar-refractivity contribution is -0.118. The average molecular weight is 351 g/mol. The van der Waals surface area contributed by atoms with E-state index in [1.165, 1.54) is 12.1 Å². The van der Waals surface area contributed by atoms with Crippen molar-refractivity contribution in [3.8, 4) is 0 Å². The Balaban J connectivity index is 1.79. The largest absolute Gasteiger partial charge is 0.317 e. The summed E-state index contributed by atoms with van der Waals surface area (Å²) in [4.78, 5) is 12.9. The first-order valence-electron chi connectivity index (χ1n) is 8.81. The number of ketones is 1. The van der Waals surface area contributed by atoms with Crippen LogP contribution in [0.3, 0.4) is 0 Å². The smallest absolute Gasteiger partial charge is 0.186 e. The van der Waals surface area contributed by atoms with Gasteiger partial charge in [0.15, 0.2) is 5.78 Å². The van der Waals surface area contributed by atoms with Crippen molar-refractivity contribution in [2.75, 3.05) is 13.1 Å². The zero-order valence-electron chi connectivity index (χ0n) is 14.3. The lowest BCUT2D eigenvalue weighted by atomic mass is 9.54. The highest BCUT2D eigenvalue weighted by atomic mass is 19.1. The fraction of sp³-hybridized carbons (Fsp3) is 0.227. The molecule has 1 aliphatic heterocycles. The minimum absolute atomic E-state index is 0.113. The molecule has 26 heavy (non-hydrogen) atoms. The van der Waals surface area contributed by atoms with E-state index in [0.717, 1.165) is 25.9 Å². The van der Waals surface area contributed by atoms with E-state index in [2.05, 4.69) is 5.32 Å². The van der Waals surface area contributed by atoms with Crippen LogP contribution < -0.4 is 5.32 Å². The van der Waals surface area contributed by atoms with E-state index in [4.69, 9.17) is 0 Å². The molecule has 1 spiro atoms. The van der Waals surface area contributed by atoms with Crippen LogP contribution >= 0.6 is 0 Å². The molecule has 132 valence electrons. The highest BCUT2D eigenvalue weighted by Gasteiger charge is 2.53. The van der Waals surface area contributed by atoms with Gasteiger partial charge in [0, 0.05) is 27.7 Å². The summed E-state index contributed by atoms with van der Waals surface area (Å²) >= 11 is 0. The summed E-state index contributed by atoms with van der Waals surface area (Å²) in [5, 5.41) is 3.30. The third kappa shape index (κ3) is 2.71. The molecular formula is C22H19F2NO. The molecule has 1 N–H and O–H groups in total. The Morgan fingerprint density at radius 2 is 1.27 bits per heavy atom. The number of hydrogen-bond acceptors (Lipinski definition) is 2. The molecule has 2 aliphatic rings. The van der Waals surface area contributed by atoms with Crippen molar-refractivity contribution < 1.29 is 13.6 Å². The van der Waals surface area contributed by atoms with Crippen molar-refractivity contribution in [3.63, 3.8) is 0 Å². The van der Waals surface area contributed by atoms with Gasteiger partial charge in [-0.3, -0.25) is 4.79 Å². The van der Waals surface area contributed by atoms with Crippen LogP contribution in [0.1, 0.15) is 24.0 Å². The lowest BCUT2D eigenvalue weighted by Crippen LogP contribution is -2.50. The molecule has 0 radical (unpaired) electrons. The molecule has 0 aromatic heterocycles. The number of Topliss-reactive ketones (excluding diaryl/α,β-unsaturated/α-hetero) is 1. The normalized spacial score (nSPS) is 22.0. The number of hydrogen-bond donors (Lipinski definition) is 1. The second kappa shape index (κ2) is 6.61. The van der Waals surface area contributed by atoms with Gasteiger partial charge in [0.05, 0.1) is 0 Å². The number of rotatable bonds is 2. The van der Waals surface area contributed by atoms with Crippen LogP contribution in [0.2, 0.25) is 0 Å². The van der Waals surface area contributed by atoms with Gasteiger partial charge >= 0.3 is 0 Å². The first-order valence-corrected chi connectivity index (χ1v) is 8.81. The van der Waals surface area contributed by atoms with E-state index in [-0.39, 0.29) is 17.4 Å². The number of allylic oxidation sites excluding steroid dienone is 2. The van der Waals surface area contributed by atoms with E-state index >= 15 is 0 Å². The van der Waals surface area contributed by atoms with E-state index < -0.39 is 5.41 Å². The van der Waals surface area contributed by atoms with E-state index in [1.807, 2.05) is 0 Å². The first-order chi connectivity index (χ1) is 12.6. The third-order valence-corrected chi connectivity index (χ3v) is 5.39. The van der Waals surface area contributed by atoms with Crippen molar-refractivity contribution in [2.24, 2.45) is 5.41 Å². The minimum atomic E-state index is -0.424. The van der Waals surface area contributed by atoms with E-state index in [1.54, 1.807) is 48.6 Å². The van der Waals surface area contributed by atoms with Gasteiger partial charge in [-0.15, -0.1) is 0 Å². The molecule has 0 bridgehead atoms. The van der Waals surface area contributed by atoms with Gasteiger partial charge < -0.3 is 5.32 Å².